The first-order chi connectivity index (χ1) is 10.4. The van der Waals surface area contributed by atoms with Crippen molar-refractivity contribution < 1.29 is 4.74 Å². The van der Waals surface area contributed by atoms with Crippen LogP contribution in [-0.2, 0) is 0 Å². The molecule has 0 heterocycles. The standard InChI is InChI=1S/C19H17NO/c1-2-21-17-12-10-15(11-13-17)14-20-19-9-5-7-16-6-3-4-8-18(16)19/h3-14H,2H2,1H3. The molecule has 0 aliphatic carbocycles. The SMILES string of the molecule is CCOc1ccc(C=Nc2cccc3ccccc23)cc1. The largest absolute Gasteiger partial charge is 0.494 e. The van der Waals surface area contributed by atoms with Crippen LogP contribution < -0.4 is 4.74 Å². The Bertz CT molecular complexity index is 755. The minimum atomic E-state index is 0.684. The topological polar surface area (TPSA) is 21.6 Å². The highest BCUT2D eigenvalue weighted by Gasteiger charge is 1.97. The van der Waals surface area contributed by atoms with E-state index in [0.29, 0.717) is 6.61 Å². The smallest absolute Gasteiger partial charge is 0.119 e. The van der Waals surface area contributed by atoms with Gasteiger partial charge in [-0.15, -0.1) is 0 Å². The van der Waals surface area contributed by atoms with E-state index in [1.165, 1.54) is 10.8 Å². The van der Waals surface area contributed by atoms with Gasteiger partial charge in [-0.3, -0.25) is 4.99 Å². The summed E-state index contributed by atoms with van der Waals surface area (Å²) in [6.45, 7) is 2.67. The minimum absolute atomic E-state index is 0.684. The van der Waals surface area contributed by atoms with E-state index < -0.39 is 0 Å². The molecule has 2 nitrogen and oxygen atoms in total. The second-order valence-corrected chi connectivity index (χ2v) is 4.76. The molecule has 0 fully saturated rings. The van der Waals surface area contributed by atoms with Gasteiger partial charge < -0.3 is 4.74 Å². The van der Waals surface area contributed by atoms with Crippen molar-refractivity contribution in [2.24, 2.45) is 4.99 Å². The lowest BCUT2D eigenvalue weighted by Gasteiger charge is -2.03. The first-order valence-electron chi connectivity index (χ1n) is 7.11. The van der Waals surface area contributed by atoms with Gasteiger partial charge in [0.2, 0.25) is 0 Å². The van der Waals surface area contributed by atoms with Gasteiger partial charge in [0.25, 0.3) is 0 Å². The van der Waals surface area contributed by atoms with Gasteiger partial charge in [-0.05, 0) is 48.2 Å². The van der Waals surface area contributed by atoms with E-state index in [9.17, 15) is 0 Å². The van der Waals surface area contributed by atoms with Gasteiger partial charge in [-0.2, -0.15) is 0 Å². The number of hydrogen-bond donors (Lipinski definition) is 0. The number of hydrogen-bond acceptors (Lipinski definition) is 2. The third-order valence-electron chi connectivity index (χ3n) is 3.31. The summed E-state index contributed by atoms with van der Waals surface area (Å²) in [5.74, 6) is 0.889. The molecule has 0 aromatic heterocycles. The Morgan fingerprint density at radius 3 is 2.48 bits per heavy atom. The maximum absolute atomic E-state index is 5.44. The molecule has 0 aliphatic heterocycles. The summed E-state index contributed by atoms with van der Waals surface area (Å²) in [6, 6.07) is 22.4. The first-order valence-corrected chi connectivity index (χ1v) is 7.11. The summed E-state index contributed by atoms with van der Waals surface area (Å²) in [6.07, 6.45) is 1.89. The molecule has 104 valence electrons. The van der Waals surface area contributed by atoms with Crippen LogP contribution in [0.4, 0.5) is 5.69 Å². The number of nitrogens with zero attached hydrogens (tertiary/aromatic N) is 1. The van der Waals surface area contributed by atoms with E-state index in [0.717, 1.165) is 17.0 Å². The minimum Gasteiger partial charge on any atom is -0.494 e. The Morgan fingerprint density at radius 2 is 1.67 bits per heavy atom. The fourth-order valence-electron chi connectivity index (χ4n) is 2.28. The predicted molar refractivity (Wildman–Crippen MR) is 88.8 cm³/mol. The molecule has 0 N–H and O–H groups in total. The predicted octanol–water partition coefficient (Wildman–Crippen LogP) is 4.99. The molecule has 0 bridgehead atoms. The van der Waals surface area contributed by atoms with Gasteiger partial charge >= 0.3 is 0 Å². The van der Waals surface area contributed by atoms with Crippen LogP contribution in [0.15, 0.2) is 71.7 Å². The van der Waals surface area contributed by atoms with Crippen LogP contribution in [0.1, 0.15) is 12.5 Å². The molecule has 2 heteroatoms. The maximum atomic E-state index is 5.44. The van der Waals surface area contributed by atoms with E-state index in [1.807, 2.05) is 61.7 Å². The van der Waals surface area contributed by atoms with Crippen molar-refractivity contribution in [2.45, 2.75) is 6.92 Å². The van der Waals surface area contributed by atoms with Crippen molar-refractivity contribution in [1.82, 2.24) is 0 Å². The maximum Gasteiger partial charge on any atom is 0.119 e. The molecule has 3 rings (SSSR count). The second-order valence-electron chi connectivity index (χ2n) is 4.76. The van der Waals surface area contributed by atoms with Gasteiger partial charge in [0.15, 0.2) is 0 Å². The van der Waals surface area contributed by atoms with Gasteiger partial charge in [0.05, 0.1) is 12.3 Å². The Kier molecular flexibility index (Phi) is 3.97. The van der Waals surface area contributed by atoms with E-state index in [1.54, 1.807) is 0 Å². The molecule has 0 amide bonds. The summed E-state index contributed by atoms with van der Waals surface area (Å²) < 4.78 is 5.44. The van der Waals surface area contributed by atoms with Crippen LogP contribution in [0.25, 0.3) is 10.8 Å². The normalized spacial score (nSPS) is 11.1. The lowest BCUT2D eigenvalue weighted by Crippen LogP contribution is -1.91. The van der Waals surface area contributed by atoms with Crippen molar-refractivity contribution in [3.05, 3.63) is 72.3 Å². The third kappa shape index (κ3) is 3.11. The molecule has 0 saturated heterocycles. The lowest BCUT2D eigenvalue weighted by atomic mass is 10.1. The highest BCUT2D eigenvalue weighted by molar-refractivity contribution is 5.95. The highest BCUT2D eigenvalue weighted by atomic mass is 16.5. The summed E-state index contributed by atoms with van der Waals surface area (Å²) in [4.78, 5) is 4.61. The molecule has 3 aromatic carbocycles. The first kappa shape index (κ1) is 13.4. The zero-order chi connectivity index (χ0) is 14.5. The molecular formula is C19H17NO. The van der Waals surface area contributed by atoms with E-state index in [4.69, 9.17) is 4.74 Å². The van der Waals surface area contributed by atoms with Crippen LogP contribution >= 0.6 is 0 Å². The average molecular weight is 275 g/mol. The van der Waals surface area contributed by atoms with E-state index >= 15 is 0 Å². The van der Waals surface area contributed by atoms with Crippen LogP contribution in [0, 0.1) is 0 Å². The number of fused-ring (bicyclic) bond motifs is 1. The second kappa shape index (κ2) is 6.23. The van der Waals surface area contributed by atoms with Crippen molar-refractivity contribution in [3.8, 4) is 5.75 Å². The summed E-state index contributed by atoms with van der Waals surface area (Å²) in [7, 11) is 0. The molecule has 0 aliphatic rings. The zero-order valence-electron chi connectivity index (χ0n) is 12.0. The molecule has 0 saturated carbocycles. The molecular weight excluding hydrogens is 258 g/mol. The molecule has 0 unspecified atom stereocenters. The van der Waals surface area contributed by atoms with Gasteiger partial charge in [0, 0.05) is 11.6 Å². The summed E-state index contributed by atoms with van der Waals surface area (Å²) >= 11 is 0. The van der Waals surface area contributed by atoms with E-state index in [2.05, 4.69) is 23.2 Å². The summed E-state index contributed by atoms with van der Waals surface area (Å²) in [5, 5.41) is 2.38. The Balaban J connectivity index is 1.87. The number of benzene rings is 3. The van der Waals surface area contributed by atoms with Crippen LogP contribution in [-0.4, -0.2) is 12.8 Å². The lowest BCUT2D eigenvalue weighted by molar-refractivity contribution is 0.340. The fraction of sp³-hybridized carbons (Fsp3) is 0.105. The average Bonchev–Trinajstić information content (AvgIpc) is 2.54. The molecule has 0 spiro atoms. The van der Waals surface area contributed by atoms with Gasteiger partial charge in [-0.25, -0.2) is 0 Å². The van der Waals surface area contributed by atoms with Crippen molar-refractivity contribution in [2.75, 3.05) is 6.61 Å². The zero-order valence-corrected chi connectivity index (χ0v) is 12.0. The van der Waals surface area contributed by atoms with E-state index in [-0.39, 0.29) is 0 Å². The molecule has 0 radical (unpaired) electrons. The Hall–Kier alpha value is -2.61. The molecule has 3 aromatic rings. The van der Waals surface area contributed by atoms with Gasteiger partial charge in [-0.1, -0.05) is 36.4 Å². The number of ether oxygens (including phenoxy) is 1. The monoisotopic (exact) mass is 275 g/mol. The highest BCUT2D eigenvalue weighted by Crippen LogP contribution is 2.25. The molecule has 0 atom stereocenters. The Morgan fingerprint density at radius 1 is 0.905 bits per heavy atom. The summed E-state index contributed by atoms with van der Waals surface area (Å²) in [5.41, 5.74) is 2.05. The number of aliphatic imine (C=N–C) groups is 1. The molecule has 21 heavy (non-hydrogen) atoms. The van der Waals surface area contributed by atoms with Crippen molar-refractivity contribution >= 4 is 22.7 Å². The van der Waals surface area contributed by atoms with Crippen LogP contribution in [0.2, 0.25) is 0 Å². The van der Waals surface area contributed by atoms with Crippen molar-refractivity contribution in [3.63, 3.8) is 0 Å². The van der Waals surface area contributed by atoms with Crippen LogP contribution in [0.3, 0.4) is 0 Å². The van der Waals surface area contributed by atoms with Crippen molar-refractivity contribution in [1.29, 1.82) is 0 Å². The Labute approximate surface area is 124 Å². The van der Waals surface area contributed by atoms with Gasteiger partial charge in [0.1, 0.15) is 5.75 Å². The number of rotatable bonds is 4. The third-order valence-corrected chi connectivity index (χ3v) is 3.31. The van der Waals surface area contributed by atoms with Crippen LogP contribution in [0.5, 0.6) is 5.75 Å². The fourth-order valence-corrected chi connectivity index (χ4v) is 2.28. The quantitative estimate of drug-likeness (QED) is 0.615.